The van der Waals surface area contributed by atoms with E-state index < -0.39 is 0 Å². The summed E-state index contributed by atoms with van der Waals surface area (Å²) in [5, 5.41) is 3.27. The van der Waals surface area contributed by atoms with Crippen LogP contribution in [0.25, 0.3) is 0 Å². The van der Waals surface area contributed by atoms with E-state index in [1.807, 2.05) is 6.92 Å². The molecule has 1 rings (SSSR count). The third kappa shape index (κ3) is 3.80. The molecule has 0 saturated carbocycles. The first-order valence-corrected chi connectivity index (χ1v) is 4.92. The Morgan fingerprint density at radius 3 is 2.85 bits per heavy atom. The van der Waals surface area contributed by atoms with Crippen LogP contribution in [-0.2, 0) is 4.74 Å². The average Bonchev–Trinajstić information content (AvgIpc) is 2.40. The van der Waals surface area contributed by atoms with Gasteiger partial charge in [-0.1, -0.05) is 5.92 Å². The van der Waals surface area contributed by atoms with Gasteiger partial charge in [0.1, 0.15) is 0 Å². The van der Waals surface area contributed by atoms with E-state index in [1.165, 1.54) is 12.8 Å². The van der Waals surface area contributed by atoms with Gasteiger partial charge < -0.3 is 10.1 Å². The number of ether oxygens (including phenoxy) is 1. The maximum absolute atomic E-state index is 5.82. The van der Waals surface area contributed by atoms with Gasteiger partial charge in [0.15, 0.2) is 0 Å². The van der Waals surface area contributed by atoms with E-state index in [1.54, 1.807) is 0 Å². The average molecular weight is 181 g/mol. The second-order valence-electron chi connectivity index (χ2n) is 4.10. The fourth-order valence-electron chi connectivity index (χ4n) is 1.61. The van der Waals surface area contributed by atoms with Crippen LogP contribution in [0.1, 0.15) is 33.6 Å². The molecule has 1 N–H and O–H groups in total. The van der Waals surface area contributed by atoms with E-state index >= 15 is 0 Å². The topological polar surface area (TPSA) is 21.3 Å². The predicted molar refractivity (Wildman–Crippen MR) is 54.5 cm³/mol. The largest absolute Gasteiger partial charge is 0.371 e. The number of hydrogen-bond acceptors (Lipinski definition) is 2. The van der Waals surface area contributed by atoms with Crippen LogP contribution in [0.15, 0.2) is 0 Å². The SMILES string of the molecule is CC#CCNCC1CCC(C)(C)O1. The van der Waals surface area contributed by atoms with Gasteiger partial charge in [-0.15, -0.1) is 5.92 Å². The lowest BCUT2D eigenvalue weighted by Crippen LogP contribution is -2.29. The minimum absolute atomic E-state index is 0.0861. The summed E-state index contributed by atoms with van der Waals surface area (Å²) in [7, 11) is 0. The van der Waals surface area contributed by atoms with Gasteiger partial charge in [0.2, 0.25) is 0 Å². The summed E-state index contributed by atoms with van der Waals surface area (Å²) in [5.74, 6) is 5.83. The zero-order valence-corrected chi connectivity index (χ0v) is 8.81. The van der Waals surface area contributed by atoms with Crippen LogP contribution in [0.3, 0.4) is 0 Å². The van der Waals surface area contributed by atoms with Crippen molar-refractivity contribution in [1.82, 2.24) is 5.32 Å². The lowest BCUT2D eigenvalue weighted by atomic mass is 10.1. The summed E-state index contributed by atoms with van der Waals surface area (Å²) in [5.41, 5.74) is 0.0861. The van der Waals surface area contributed by atoms with Crippen molar-refractivity contribution in [2.75, 3.05) is 13.1 Å². The molecule has 0 amide bonds. The van der Waals surface area contributed by atoms with E-state index in [0.717, 1.165) is 13.1 Å². The maximum Gasteiger partial charge on any atom is 0.0708 e. The van der Waals surface area contributed by atoms with Crippen LogP contribution in [0.5, 0.6) is 0 Å². The molecule has 1 atom stereocenters. The van der Waals surface area contributed by atoms with E-state index in [9.17, 15) is 0 Å². The van der Waals surface area contributed by atoms with E-state index in [-0.39, 0.29) is 5.60 Å². The minimum Gasteiger partial charge on any atom is -0.371 e. The molecular formula is C11H19NO. The molecule has 1 saturated heterocycles. The first-order chi connectivity index (χ1) is 6.14. The summed E-state index contributed by atoms with van der Waals surface area (Å²) in [6.07, 6.45) is 2.71. The highest BCUT2D eigenvalue weighted by Gasteiger charge is 2.30. The highest BCUT2D eigenvalue weighted by Crippen LogP contribution is 2.28. The van der Waals surface area contributed by atoms with Gasteiger partial charge in [-0.05, 0) is 33.6 Å². The molecule has 1 aliphatic heterocycles. The van der Waals surface area contributed by atoms with E-state index in [4.69, 9.17) is 4.74 Å². The molecule has 0 aromatic carbocycles. The van der Waals surface area contributed by atoms with Crippen LogP contribution >= 0.6 is 0 Å². The number of nitrogens with one attached hydrogen (secondary N) is 1. The highest BCUT2D eigenvalue weighted by atomic mass is 16.5. The van der Waals surface area contributed by atoms with Crippen LogP contribution in [0, 0.1) is 11.8 Å². The van der Waals surface area contributed by atoms with E-state index in [2.05, 4.69) is 31.0 Å². The van der Waals surface area contributed by atoms with Gasteiger partial charge in [-0.2, -0.15) is 0 Å². The Kier molecular flexibility index (Phi) is 3.77. The van der Waals surface area contributed by atoms with Crippen molar-refractivity contribution >= 4 is 0 Å². The van der Waals surface area contributed by atoms with Crippen molar-refractivity contribution in [1.29, 1.82) is 0 Å². The maximum atomic E-state index is 5.82. The molecule has 0 aromatic rings. The third-order valence-corrected chi connectivity index (χ3v) is 2.32. The second-order valence-corrected chi connectivity index (χ2v) is 4.10. The first-order valence-electron chi connectivity index (χ1n) is 4.92. The second kappa shape index (κ2) is 4.64. The molecule has 0 aliphatic carbocycles. The van der Waals surface area contributed by atoms with Crippen LogP contribution in [-0.4, -0.2) is 24.8 Å². The molecule has 74 valence electrons. The lowest BCUT2D eigenvalue weighted by molar-refractivity contribution is -0.0137. The fraction of sp³-hybridized carbons (Fsp3) is 0.818. The molecule has 2 nitrogen and oxygen atoms in total. The van der Waals surface area contributed by atoms with Crippen molar-refractivity contribution in [2.45, 2.75) is 45.3 Å². The molecular weight excluding hydrogens is 162 g/mol. The van der Waals surface area contributed by atoms with Gasteiger partial charge >= 0.3 is 0 Å². The molecule has 0 bridgehead atoms. The summed E-state index contributed by atoms with van der Waals surface area (Å²) < 4.78 is 5.82. The molecule has 0 radical (unpaired) electrons. The Morgan fingerprint density at radius 1 is 1.54 bits per heavy atom. The van der Waals surface area contributed by atoms with Gasteiger partial charge in [-0.25, -0.2) is 0 Å². The van der Waals surface area contributed by atoms with Crippen molar-refractivity contribution in [3.8, 4) is 11.8 Å². The molecule has 1 unspecified atom stereocenters. The fourth-order valence-corrected chi connectivity index (χ4v) is 1.61. The standard InChI is InChI=1S/C11H19NO/c1-4-5-8-12-9-10-6-7-11(2,3)13-10/h10,12H,6-9H2,1-3H3. The summed E-state index contributed by atoms with van der Waals surface area (Å²) in [6.45, 7) is 7.86. The Labute approximate surface area is 81.0 Å². The Bertz CT molecular complexity index is 212. The van der Waals surface area contributed by atoms with Gasteiger partial charge in [-0.3, -0.25) is 0 Å². The normalized spacial score (nSPS) is 25.3. The summed E-state index contributed by atoms with van der Waals surface area (Å²) in [6, 6.07) is 0. The Hall–Kier alpha value is -0.520. The summed E-state index contributed by atoms with van der Waals surface area (Å²) in [4.78, 5) is 0. The van der Waals surface area contributed by atoms with Gasteiger partial charge in [0.05, 0.1) is 18.2 Å². The molecule has 13 heavy (non-hydrogen) atoms. The first kappa shape index (κ1) is 10.6. The van der Waals surface area contributed by atoms with Gasteiger partial charge in [0.25, 0.3) is 0 Å². The minimum atomic E-state index is 0.0861. The molecule has 0 aromatic heterocycles. The van der Waals surface area contributed by atoms with Crippen LogP contribution < -0.4 is 5.32 Å². The number of rotatable bonds is 3. The third-order valence-electron chi connectivity index (χ3n) is 2.32. The van der Waals surface area contributed by atoms with Crippen molar-refractivity contribution in [2.24, 2.45) is 0 Å². The van der Waals surface area contributed by atoms with Crippen LogP contribution in [0.2, 0.25) is 0 Å². The van der Waals surface area contributed by atoms with E-state index in [0.29, 0.717) is 6.10 Å². The monoisotopic (exact) mass is 181 g/mol. The Balaban J connectivity index is 2.13. The molecule has 1 heterocycles. The zero-order valence-electron chi connectivity index (χ0n) is 8.81. The Morgan fingerprint density at radius 2 is 2.31 bits per heavy atom. The van der Waals surface area contributed by atoms with Crippen molar-refractivity contribution < 1.29 is 4.74 Å². The van der Waals surface area contributed by atoms with Gasteiger partial charge in [0, 0.05) is 6.54 Å². The van der Waals surface area contributed by atoms with Crippen molar-refractivity contribution in [3.05, 3.63) is 0 Å². The summed E-state index contributed by atoms with van der Waals surface area (Å²) >= 11 is 0. The quantitative estimate of drug-likeness (QED) is 0.527. The van der Waals surface area contributed by atoms with Crippen molar-refractivity contribution in [3.63, 3.8) is 0 Å². The highest BCUT2D eigenvalue weighted by molar-refractivity contribution is 4.97. The zero-order chi connectivity index (χ0) is 9.73. The molecule has 1 aliphatic rings. The predicted octanol–water partition coefficient (Wildman–Crippen LogP) is 1.56. The van der Waals surface area contributed by atoms with Crippen LogP contribution in [0.4, 0.5) is 0 Å². The smallest absolute Gasteiger partial charge is 0.0708 e. The lowest BCUT2D eigenvalue weighted by Gasteiger charge is -2.19. The molecule has 2 heteroatoms. The number of hydrogen-bond donors (Lipinski definition) is 1. The molecule has 0 spiro atoms. The molecule has 1 fully saturated rings.